The fraction of sp³-hybridized carbons (Fsp3) is 0.625. The van der Waals surface area contributed by atoms with Gasteiger partial charge in [-0.3, -0.25) is 0 Å². The van der Waals surface area contributed by atoms with Crippen molar-refractivity contribution < 1.29 is 0 Å². The topological polar surface area (TPSA) is 0 Å². The lowest BCUT2D eigenvalue weighted by molar-refractivity contribution is 0.267. The van der Waals surface area contributed by atoms with E-state index < -0.39 is 0 Å². The van der Waals surface area contributed by atoms with Gasteiger partial charge >= 0.3 is 0 Å². The molecule has 0 aliphatic heterocycles. The first kappa shape index (κ1) is 13.3. The van der Waals surface area contributed by atoms with Gasteiger partial charge in [0.15, 0.2) is 0 Å². The van der Waals surface area contributed by atoms with Crippen LogP contribution in [0.3, 0.4) is 0 Å². The van der Waals surface area contributed by atoms with Gasteiger partial charge < -0.3 is 0 Å². The maximum Gasteiger partial charge on any atom is -0.00838 e. The predicted octanol–water partition coefficient (Wildman–Crippen LogP) is 5.14. The van der Waals surface area contributed by atoms with Crippen LogP contribution in [0.15, 0.2) is 37.0 Å². The Bertz CT molecular complexity index is 297. The molecule has 0 bridgehead atoms. The minimum absolute atomic E-state index is 0.232. The lowest BCUT2D eigenvalue weighted by atomic mass is 9.70. The molecule has 16 heavy (non-hydrogen) atoms. The molecule has 1 aliphatic carbocycles. The van der Waals surface area contributed by atoms with E-state index in [1.807, 2.05) is 0 Å². The summed E-state index contributed by atoms with van der Waals surface area (Å²) in [5.41, 5.74) is 2.87. The third-order valence-electron chi connectivity index (χ3n) is 4.34. The molecule has 0 saturated heterocycles. The molecule has 0 aromatic carbocycles. The average molecular weight is 218 g/mol. The highest BCUT2D eigenvalue weighted by Crippen LogP contribution is 2.46. The van der Waals surface area contributed by atoms with Crippen LogP contribution in [0, 0.1) is 17.3 Å². The molecule has 90 valence electrons. The van der Waals surface area contributed by atoms with Crippen molar-refractivity contribution in [3.8, 4) is 0 Å². The van der Waals surface area contributed by atoms with E-state index >= 15 is 0 Å². The number of hydrogen-bond acceptors (Lipinski definition) is 0. The summed E-state index contributed by atoms with van der Waals surface area (Å²) < 4.78 is 0. The number of hydrogen-bond donors (Lipinski definition) is 0. The Balaban J connectivity index is 2.96. The highest BCUT2D eigenvalue weighted by Gasteiger charge is 2.35. The summed E-state index contributed by atoms with van der Waals surface area (Å²) in [6, 6.07) is 0. The molecule has 0 heteroatoms. The Kier molecular flexibility index (Phi) is 4.18. The summed E-state index contributed by atoms with van der Waals surface area (Å²) in [5, 5.41) is 0. The van der Waals surface area contributed by atoms with Crippen LogP contribution in [-0.2, 0) is 0 Å². The fourth-order valence-corrected chi connectivity index (χ4v) is 3.03. The predicted molar refractivity (Wildman–Crippen MR) is 73.4 cm³/mol. The van der Waals surface area contributed by atoms with Gasteiger partial charge in [0, 0.05) is 0 Å². The van der Waals surface area contributed by atoms with Gasteiger partial charge in [0.2, 0.25) is 0 Å². The van der Waals surface area contributed by atoms with Crippen LogP contribution in [0.4, 0.5) is 0 Å². The average Bonchev–Trinajstić information content (AvgIpc) is 2.38. The molecule has 0 heterocycles. The van der Waals surface area contributed by atoms with Crippen LogP contribution in [0.25, 0.3) is 0 Å². The van der Waals surface area contributed by atoms with Crippen LogP contribution in [0.1, 0.15) is 46.5 Å². The van der Waals surface area contributed by atoms with E-state index in [0.717, 1.165) is 0 Å². The molecule has 0 radical (unpaired) electrons. The van der Waals surface area contributed by atoms with Crippen LogP contribution in [-0.4, -0.2) is 0 Å². The molecule has 1 aliphatic rings. The monoisotopic (exact) mass is 218 g/mol. The molecular formula is C16H26. The van der Waals surface area contributed by atoms with E-state index in [1.54, 1.807) is 0 Å². The summed E-state index contributed by atoms with van der Waals surface area (Å²) in [6.45, 7) is 19.0. The van der Waals surface area contributed by atoms with Gasteiger partial charge in [-0.2, -0.15) is 0 Å². The van der Waals surface area contributed by atoms with E-state index in [1.165, 1.54) is 36.8 Å². The highest BCUT2D eigenvalue weighted by atomic mass is 14.4. The van der Waals surface area contributed by atoms with Crippen molar-refractivity contribution in [1.29, 1.82) is 0 Å². The van der Waals surface area contributed by atoms with Gasteiger partial charge in [0.05, 0.1) is 0 Å². The van der Waals surface area contributed by atoms with E-state index in [9.17, 15) is 0 Å². The van der Waals surface area contributed by atoms with Crippen LogP contribution < -0.4 is 0 Å². The third kappa shape index (κ3) is 2.66. The first-order chi connectivity index (χ1) is 7.40. The third-order valence-corrected chi connectivity index (χ3v) is 4.34. The Morgan fingerprint density at radius 3 is 2.31 bits per heavy atom. The zero-order chi connectivity index (χ0) is 12.3. The van der Waals surface area contributed by atoms with E-state index in [2.05, 4.69) is 46.6 Å². The smallest absolute Gasteiger partial charge is 0.00838 e. The quantitative estimate of drug-likeness (QED) is 0.454. The first-order valence-electron chi connectivity index (χ1n) is 6.35. The van der Waals surface area contributed by atoms with Gasteiger partial charge in [0.1, 0.15) is 0 Å². The molecule has 3 atom stereocenters. The molecule has 0 aromatic rings. The summed E-state index contributed by atoms with van der Waals surface area (Å²) in [6.07, 6.45) is 7.14. The van der Waals surface area contributed by atoms with Crippen LogP contribution >= 0.6 is 0 Å². The van der Waals surface area contributed by atoms with Crippen molar-refractivity contribution in [3.63, 3.8) is 0 Å². The zero-order valence-corrected chi connectivity index (χ0v) is 11.2. The minimum atomic E-state index is 0.232. The molecule has 1 saturated carbocycles. The Morgan fingerprint density at radius 1 is 1.25 bits per heavy atom. The summed E-state index contributed by atoms with van der Waals surface area (Å²) in [5.74, 6) is 1.23. The zero-order valence-electron chi connectivity index (χ0n) is 11.2. The van der Waals surface area contributed by atoms with Gasteiger partial charge in [0.25, 0.3) is 0 Å². The standard InChI is InChI=1S/C16H26/c1-7-16(6)10-8-9-14(12(2)3)11-15(16)13(4)5/h7,14-15H,1-2,4,8-11H2,3,5-6H3/t14-,15?,16-/m1/s1. The van der Waals surface area contributed by atoms with Crippen molar-refractivity contribution in [2.24, 2.45) is 17.3 Å². The maximum absolute atomic E-state index is 4.18. The van der Waals surface area contributed by atoms with Crippen LogP contribution in [0.2, 0.25) is 0 Å². The molecular weight excluding hydrogens is 192 g/mol. The van der Waals surface area contributed by atoms with Crippen molar-refractivity contribution in [2.75, 3.05) is 0 Å². The largest absolute Gasteiger partial charge is 0.103 e. The Morgan fingerprint density at radius 2 is 1.88 bits per heavy atom. The Hall–Kier alpha value is -0.780. The first-order valence-corrected chi connectivity index (χ1v) is 6.35. The van der Waals surface area contributed by atoms with Crippen LogP contribution in [0.5, 0.6) is 0 Å². The minimum Gasteiger partial charge on any atom is -0.103 e. The lowest BCUT2D eigenvalue weighted by Crippen LogP contribution is -2.25. The van der Waals surface area contributed by atoms with E-state index in [0.29, 0.717) is 11.8 Å². The summed E-state index contributed by atoms with van der Waals surface area (Å²) in [7, 11) is 0. The second-order valence-electron chi connectivity index (χ2n) is 5.78. The molecule has 0 spiro atoms. The normalized spacial score (nSPS) is 35.2. The van der Waals surface area contributed by atoms with Crippen molar-refractivity contribution in [3.05, 3.63) is 37.0 Å². The van der Waals surface area contributed by atoms with Gasteiger partial charge in [-0.15, -0.1) is 6.58 Å². The summed E-state index contributed by atoms with van der Waals surface area (Å²) >= 11 is 0. The molecule has 1 rings (SSSR count). The van der Waals surface area contributed by atoms with Gasteiger partial charge in [-0.25, -0.2) is 0 Å². The molecule has 1 unspecified atom stereocenters. The lowest BCUT2D eigenvalue weighted by Gasteiger charge is -2.35. The molecule has 0 aromatic heterocycles. The highest BCUT2D eigenvalue weighted by molar-refractivity contribution is 5.13. The second-order valence-corrected chi connectivity index (χ2v) is 5.78. The van der Waals surface area contributed by atoms with Gasteiger partial charge in [-0.05, 0) is 50.4 Å². The second kappa shape index (κ2) is 5.03. The van der Waals surface area contributed by atoms with Gasteiger partial charge in [-0.1, -0.05) is 43.7 Å². The molecule has 1 fully saturated rings. The van der Waals surface area contributed by atoms with E-state index in [-0.39, 0.29) is 5.41 Å². The van der Waals surface area contributed by atoms with Crippen molar-refractivity contribution in [2.45, 2.75) is 46.5 Å². The molecule has 0 nitrogen and oxygen atoms in total. The SMILES string of the molecule is C=C[C@]1(C)CCC[C@@H](C(=C)C)CC1C(=C)C. The maximum atomic E-state index is 4.18. The fourth-order valence-electron chi connectivity index (χ4n) is 3.03. The molecule has 0 amide bonds. The number of rotatable bonds is 3. The van der Waals surface area contributed by atoms with Crippen molar-refractivity contribution >= 4 is 0 Å². The Labute approximate surface area is 101 Å². The number of allylic oxidation sites excluding steroid dienone is 3. The van der Waals surface area contributed by atoms with Crippen molar-refractivity contribution in [1.82, 2.24) is 0 Å². The van der Waals surface area contributed by atoms with E-state index in [4.69, 9.17) is 0 Å². The molecule has 0 N–H and O–H groups in total. The summed E-state index contributed by atoms with van der Waals surface area (Å²) in [4.78, 5) is 0.